The second kappa shape index (κ2) is 8.51. The molecule has 3 aromatic rings. The summed E-state index contributed by atoms with van der Waals surface area (Å²) in [7, 11) is 1.63. The van der Waals surface area contributed by atoms with Gasteiger partial charge in [-0.3, -0.25) is 4.79 Å². The second-order valence-corrected chi connectivity index (χ2v) is 6.09. The lowest BCUT2D eigenvalue weighted by molar-refractivity contribution is 0.102. The number of benzene rings is 2. The Labute approximate surface area is 161 Å². The molecule has 27 heavy (non-hydrogen) atoms. The molecule has 0 saturated heterocycles. The molecule has 7 heteroatoms. The van der Waals surface area contributed by atoms with E-state index in [0.29, 0.717) is 12.2 Å². The SMILES string of the molecule is COc1ccccc1CNc1ccc(C(=O)Nc2ccc(F)c(Cl)c2)nc1. The Kier molecular flexibility index (Phi) is 5.88. The Balaban J connectivity index is 1.62. The monoisotopic (exact) mass is 385 g/mol. The molecule has 0 unspecified atom stereocenters. The first kappa shape index (κ1) is 18.7. The number of anilines is 2. The fraction of sp³-hybridized carbons (Fsp3) is 0.100. The molecule has 0 bridgehead atoms. The number of nitrogens with one attached hydrogen (secondary N) is 2. The van der Waals surface area contributed by atoms with Crippen LogP contribution in [0.3, 0.4) is 0 Å². The van der Waals surface area contributed by atoms with E-state index in [1.54, 1.807) is 25.4 Å². The van der Waals surface area contributed by atoms with Gasteiger partial charge in [-0.15, -0.1) is 0 Å². The zero-order chi connectivity index (χ0) is 19.2. The molecular formula is C20H17ClFN3O2. The van der Waals surface area contributed by atoms with E-state index in [1.165, 1.54) is 18.2 Å². The minimum atomic E-state index is -0.543. The van der Waals surface area contributed by atoms with Crippen molar-refractivity contribution in [3.05, 3.63) is 82.9 Å². The number of aromatic nitrogens is 1. The summed E-state index contributed by atoms with van der Waals surface area (Å²) < 4.78 is 18.5. The van der Waals surface area contributed by atoms with Crippen molar-refractivity contribution in [1.82, 2.24) is 4.98 Å². The molecule has 0 aliphatic rings. The molecule has 1 aromatic heterocycles. The zero-order valence-corrected chi connectivity index (χ0v) is 15.3. The van der Waals surface area contributed by atoms with Crippen LogP contribution in [0.1, 0.15) is 16.1 Å². The van der Waals surface area contributed by atoms with Gasteiger partial charge in [0.15, 0.2) is 0 Å². The van der Waals surface area contributed by atoms with Gasteiger partial charge in [0.1, 0.15) is 17.3 Å². The third-order valence-electron chi connectivity index (χ3n) is 3.85. The summed E-state index contributed by atoms with van der Waals surface area (Å²) in [4.78, 5) is 16.4. The van der Waals surface area contributed by atoms with Gasteiger partial charge >= 0.3 is 0 Å². The molecule has 0 saturated carbocycles. The average Bonchev–Trinajstić information content (AvgIpc) is 2.69. The number of carbonyl (C=O) groups is 1. The van der Waals surface area contributed by atoms with Gasteiger partial charge in [-0.05, 0) is 36.4 Å². The van der Waals surface area contributed by atoms with Crippen molar-refractivity contribution in [2.45, 2.75) is 6.54 Å². The molecule has 138 valence electrons. The predicted octanol–water partition coefficient (Wildman–Crippen LogP) is 4.75. The van der Waals surface area contributed by atoms with E-state index in [-0.39, 0.29) is 10.7 Å². The van der Waals surface area contributed by atoms with Crippen molar-refractivity contribution in [2.24, 2.45) is 0 Å². The molecule has 3 rings (SSSR count). The van der Waals surface area contributed by atoms with Crippen molar-refractivity contribution >= 4 is 28.9 Å². The first-order chi connectivity index (χ1) is 13.1. The highest BCUT2D eigenvalue weighted by Crippen LogP contribution is 2.21. The molecule has 5 nitrogen and oxygen atoms in total. The van der Waals surface area contributed by atoms with Crippen LogP contribution in [0, 0.1) is 5.82 Å². The van der Waals surface area contributed by atoms with E-state index in [0.717, 1.165) is 17.0 Å². The van der Waals surface area contributed by atoms with E-state index in [2.05, 4.69) is 15.6 Å². The highest BCUT2D eigenvalue weighted by Gasteiger charge is 2.09. The number of nitrogens with zero attached hydrogens (tertiary/aromatic N) is 1. The van der Waals surface area contributed by atoms with Crippen LogP contribution in [-0.4, -0.2) is 18.0 Å². The van der Waals surface area contributed by atoms with Crippen molar-refractivity contribution in [3.63, 3.8) is 0 Å². The standard InChI is InChI=1S/C20H17ClFN3O2/c1-27-19-5-3-2-4-13(19)11-23-15-7-9-18(24-12-15)20(26)25-14-6-8-17(22)16(21)10-14/h2-10,12,23H,11H2,1H3,(H,25,26). The fourth-order valence-electron chi connectivity index (χ4n) is 2.45. The first-order valence-corrected chi connectivity index (χ1v) is 8.53. The van der Waals surface area contributed by atoms with Gasteiger partial charge < -0.3 is 15.4 Å². The maximum atomic E-state index is 13.2. The summed E-state index contributed by atoms with van der Waals surface area (Å²) in [6.07, 6.45) is 1.57. The van der Waals surface area contributed by atoms with Gasteiger partial charge in [0.05, 0.1) is 24.0 Å². The van der Waals surface area contributed by atoms with Gasteiger partial charge in [-0.25, -0.2) is 9.37 Å². The quantitative estimate of drug-likeness (QED) is 0.643. The molecule has 2 aromatic carbocycles. The van der Waals surface area contributed by atoms with Gasteiger partial charge in [-0.1, -0.05) is 29.8 Å². The number of hydrogen-bond donors (Lipinski definition) is 2. The van der Waals surface area contributed by atoms with Crippen molar-refractivity contribution in [2.75, 3.05) is 17.7 Å². The first-order valence-electron chi connectivity index (χ1n) is 8.15. The van der Waals surface area contributed by atoms with Crippen LogP contribution < -0.4 is 15.4 Å². The Morgan fingerprint density at radius 2 is 1.93 bits per heavy atom. The van der Waals surface area contributed by atoms with Gasteiger partial charge in [0.2, 0.25) is 0 Å². The third-order valence-corrected chi connectivity index (χ3v) is 4.14. The lowest BCUT2D eigenvalue weighted by Gasteiger charge is -2.10. The zero-order valence-electron chi connectivity index (χ0n) is 14.5. The average molecular weight is 386 g/mol. The van der Waals surface area contributed by atoms with Crippen molar-refractivity contribution in [3.8, 4) is 5.75 Å². The van der Waals surface area contributed by atoms with Crippen LogP contribution in [0.5, 0.6) is 5.75 Å². The molecule has 1 heterocycles. The van der Waals surface area contributed by atoms with Crippen LogP contribution in [0.2, 0.25) is 5.02 Å². The number of amides is 1. The molecule has 0 radical (unpaired) electrons. The molecule has 0 aliphatic heterocycles. The number of halogens is 2. The highest BCUT2D eigenvalue weighted by atomic mass is 35.5. The van der Waals surface area contributed by atoms with E-state index in [4.69, 9.17) is 16.3 Å². The molecular weight excluding hydrogens is 369 g/mol. The lowest BCUT2D eigenvalue weighted by atomic mass is 10.2. The number of para-hydroxylation sites is 1. The largest absolute Gasteiger partial charge is 0.496 e. The Morgan fingerprint density at radius 1 is 1.15 bits per heavy atom. The van der Waals surface area contributed by atoms with Crippen LogP contribution in [-0.2, 0) is 6.54 Å². The van der Waals surface area contributed by atoms with Gasteiger partial charge in [0.25, 0.3) is 5.91 Å². The number of methoxy groups -OCH3 is 1. The van der Waals surface area contributed by atoms with Crippen molar-refractivity contribution < 1.29 is 13.9 Å². The number of pyridine rings is 1. The maximum absolute atomic E-state index is 13.2. The molecule has 0 atom stereocenters. The lowest BCUT2D eigenvalue weighted by Crippen LogP contribution is -2.13. The van der Waals surface area contributed by atoms with Gasteiger partial charge in [0, 0.05) is 17.8 Å². The minimum absolute atomic E-state index is 0.0587. The maximum Gasteiger partial charge on any atom is 0.274 e. The molecule has 2 N–H and O–H groups in total. The molecule has 0 aliphatic carbocycles. The fourth-order valence-corrected chi connectivity index (χ4v) is 2.63. The van der Waals surface area contributed by atoms with E-state index in [1.807, 2.05) is 24.3 Å². The number of ether oxygens (including phenoxy) is 1. The minimum Gasteiger partial charge on any atom is -0.496 e. The van der Waals surface area contributed by atoms with E-state index < -0.39 is 11.7 Å². The predicted molar refractivity (Wildman–Crippen MR) is 104 cm³/mol. The number of rotatable bonds is 6. The smallest absolute Gasteiger partial charge is 0.274 e. The van der Waals surface area contributed by atoms with E-state index in [9.17, 15) is 9.18 Å². The normalized spacial score (nSPS) is 10.3. The summed E-state index contributed by atoms with van der Waals surface area (Å²) in [6, 6.07) is 15.0. The Hall–Kier alpha value is -3.12. The summed E-state index contributed by atoms with van der Waals surface area (Å²) in [5.41, 5.74) is 2.40. The number of hydrogen-bond acceptors (Lipinski definition) is 4. The molecule has 1 amide bonds. The molecule has 0 spiro atoms. The molecule has 0 fully saturated rings. The number of carbonyl (C=O) groups excluding carboxylic acids is 1. The van der Waals surface area contributed by atoms with Crippen molar-refractivity contribution in [1.29, 1.82) is 0 Å². The Bertz CT molecular complexity index is 948. The van der Waals surface area contributed by atoms with E-state index >= 15 is 0 Å². The third kappa shape index (κ3) is 4.74. The van der Waals surface area contributed by atoms with Crippen LogP contribution in [0.15, 0.2) is 60.8 Å². The van der Waals surface area contributed by atoms with Crippen LogP contribution >= 0.6 is 11.6 Å². The summed E-state index contributed by atoms with van der Waals surface area (Å²) in [5.74, 6) is -0.154. The van der Waals surface area contributed by atoms with Gasteiger partial charge in [-0.2, -0.15) is 0 Å². The van der Waals surface area contributed by atoms with Crippen LogP contribution in [0.25, 0.3) is 0 Å². The summed E-state index contributed by atoms with van der Waals surface area (Å²) in [6.45, 7) is 0.561. The highest BCUT2D eigenvalue weighted by molar-refractivity contribution is 6.31. The van der Waals surface area contributed by atoms with Crippen LogP contribution in [0.4, 0.5) is 15.8 Å². The summed E-state index contributed by atoms with van der Waals surface area (Å²) >= 11 is 5.71. The summed E-state index contributed by atoms with van der Waals surface area (Å²) in [5, 5.41) is 5.80. The second-order valence-electron chi connectivity index (χ2n) is 5.68. The topological polar surface area (TPSA) is 63.2 Å². The Morgan fingerprint density at radius 3 is 2.63 bits per heavy atom.